The summed E-state index contributed by atoms with van der Waals surface area (Å²) in [5.74, 6) is 0.183. The molecule has 1 heterocycles. The Labute approximate surface area is 215 Å². The van der Waals surface area contributed by atoms with Crippen molar-refractivity contribution in [3.05, 3.63) is 73.4 Å². The fraction of sp³-hybridized carbons (Fsp3) is 0.400. The van der Waals surface area contributed by atoms with Gasteiger partial charge in [-0.05, 0) is 98.3 Å². The van der Waals surface area contributed by atoms with Gasteiger partial charge in [0.25, 0.3) is 0 Å². The van der Waals surface area contributed by atoms with Gasteiger partial charge in [0.05, 0.1) is 13.2 Å². The van der Waals surface area contributed by atoms with Crippen LogP contribution < -0.4 is 9.62 Å². The summed E-state index contributed by atoms with van der Waals surface area (Å²) >= 11 is 15.3. The Kier molecular flexibility index (Phi) is 9.89. The quantitative estimate of drug-likeness (QED) is 0.222. The first-order valence-corrected chi connectivity index (χ1v) is 13.6. The molecular formula is C25H30Cl2N2O2S2. The lowest BCUT2D eigenvalue weighted by atomic mass is 9.87. The van der Waals surface area contributed by atoms with Crippen LogP contribution in [-0.4, -0.2) is 32.4 Å². The van der Waals surface area contributed by atoms with Crippen molar-refractivity contribution < 1.29 is 9.53 Å². The normalized spacial score (nSPS) is 19.3. The maximum Gasteiger partial charge on any atom is 0.345 e. The van der Waals surface area contributed by atoms with Gasteiger partial charge in [0.1, 0.15) is 4.91 Å². The predicted molar refractivity (Wildman–Crippen MR) is 144 cm³/mol. The molecule has 0 amide bonds. The van der Waals surface area contributed by atoms with Crippen molar-refractivity contribution in [2.45, 2.75) is 32.7 Å². The number of halogens is 2. The number of carbonyl (C=O) groups excluding carboxylic acids is 1. The first kappa shape index (κ1) is 26.3. The molecule has 1 aliphatic rings. The summed E-state index contributed by atoms with van der Waals surface area (Å²) in [4.78, 5) is 16.0. The van der Waals surface area contributed by atoms with Crippen LogP contribution in [0.1, 0.15) is 36.9 Å². The standard InChI is InChI=1S/C25H30Cl2N2O2S2/c1-16-13-20(27)8-11-22(16)23-12-5-18(15-29(23)21-9-6-19(26)7-10-21)14-28-33-17(2)24(32-4)25(30)31-3/h6-11,13,18,23,28H,5,12,14-15H2,1-4H3/b24-17+. The van der Waals surface area contributed by atoms with Crippen molar-refractivity contribution in [2.24, 2.45) is 5.92 Å². The third-order valence-corrected chi connectivity index (χ3v) is 8.24. The number of methoxy groups -OCH3 is 1. The number of nitrogens with one attached hydrogen (secondary N) is 1. The zero-order valence-electron chi connectivity index (χ0n) is 19.4. The number of benzene rings is 2. The fourth-order valence-corrected chi connectivity index (χ4v) is 6.22. The lowest BCUT2D eigenvalue weighted by Crippen LogP contribution is -2.41. The molecule has 1 saturated heterocycles. The van der Waals surface area contributed by atoms with E-state index >= 15 is 0 Å². The zero-order valence-corrected chi connectivity index (χ0v) is 22.5. The molecule has 1 fully saturated rings. The number of hydrogen-bond donors (Lipinski definition) is 1. The number of ether oxygens (including phenoxy) is 1. The van der Waals surface area contributed by atoms with Crippen molar-refractivity contribution in [3.63, 3.8) is 0 Å². The van der Waals surface area contributed by atoms with Crippen LogP contribution in [0.25, 0.3) is 0 Å². The topological polar surface area (TPSA) is 41.6 Å². The van der Waals surface area contributed by atoms with E-state index in [1.165, 1.54) is 47.6 Å². The minimum absolute atomic E-state index is 0.288. The van der Waals surface area contributed by atoms with Crippen LogP contribution in [0.15, 0.2) is 52.3 Å². The molecular weight excluding hydrogens is 495 g/mol. The molecule has 2 aromatic rings. The van der Waals surface area contributed by atoms with E-state index in [-0.39, 0.29) is 12.0 Å². The predicted octanol–water partition coefficient (Wildman–Crippen LogP) is 7.26. The molecule has 0 spiro atoms. The Hall–Kier alpha value is -1.31. The molecule has 178 valence electrons. The van der Waals surface area contributed by atoms with E-state index in [9.17, 15) is 4.79 Å². The molecule has 0 aliphatic carbocycles. The van der Waals surface area contributed by atoms with Crippen molar-refractivity contribution in [1.82, 2.24) is 4.72 Å². The maximum absolute atomic E-state index is 11.9. The average molecular weight is 526 g/mol. The monoisotopic (exact) mass is 524 g/mol. The Balaban J connectivity index is 1.74. The van der Waals surface area contributed by atoms with E-state index < -0.39 is 0 Å². The van der Waals surface area contributed by atoms with Crippen molar-refractivity contribution in [2.75, 3.05) is 31.4 Å². The van der Waals surface area contributed by atoms with Gasteiger partial charge in [-0.2, -0.15) is 0 Å². The number of thioether (sulfide) groups is 1. The summed E-state index contributed by atoms with van der Waals surface area (Å²) in [7, 11) is 1.41. The Morgan fingerprint density at radius 1 is 1.15 bits per heavy atom. The van der Waals surface area contributed by atoms with Crippen LogP contribution in [-0.2, 0) is 9.53 Å². The van der Waals surface area contributed by atoms with Crippen LogP contribution in [0.2, 0.25) is 10.0 Å². The molecule has 0 bridgehead atoms. The van der Waals surface area contributed by atoms with Gasteiger partial charge >= 0.3 is 5.97 Å². The molecule has 1 N–H and O–H groups in total. The van der Waals surface area contributed by atoms with Gasteiger partial charge < -0.3 is 9.64 Å². The van der Waals surface area contributed by atoms with Crippen LogP contribution in [0.5, 0.6) is 0 Å². The Morgan fingerprint density at radius 3 is 2.48 bits per heavy atom. The smallest absolute Gasteiger partial charge is 0.345 e. The zero-order chi connectivity index (χ0) is 24.0. The summed E-state index contributed by atoms with van der Waals surface area (Å²) in [6.07, 6.45) is 4.05. The SMILES string of the molecule is COC(=O)/C(SC)=C(/C)SNCC1CCC(c2ccc(Cl)cc2C)N(c2ccc(Cl)cc2)C1. The number of hydrogen-bond acceptors (Lipinski definition) is 6. The van der Waals surface area contributed by atoms with Crippen molar-refractivity contribution >= 4 is 58.6 Å². The highest BCUT2D eigenvalue weighted by molar-refractivity contribution is 8.06. The van der Waals surface area contributed by atoms with Crippen LogP contribution in [0, 0.1) is 12.8 Å². The highest BCUT2D eigenvalue weighted by Gasteiger charge is 2.30. The fourth-order valence-electron chi connectivity index (χ4n) is 4.24. The van der Waals surface area contributed by atoms with Gasteiger partial charge in [-0.15, -0.1) is 11.8 Å². The van der Waals surface area contributed by atoms with Crippen LogP contribution in [0.4, 0.5) is 5.69 Å². The third kappa shape index (κ3) is 6.86. The molecule has 4 nitrogen and oxygen atoms in total. The van der Waals surface area contributed by atoms with E-state index in [1.807, 2.05) is 37.4 Å². The Morgan fingerprint density at radius 2 is 1.85 bits per heavy atom. The highest BCUT2D eigenvalue weighted by atomic mass is 35.5. The average Bonchev–Trinajstić information content (AvgIpc) is 2.80. The third-order valence-electron chi connectivity index (χ3n) is 5.92. The number of anilines is 1. The Bertz CT molecular complexity index is 998. The van der Waals surface area contributed by atoms with Gasteiger partial charge in [0.2, 0.25) is 0 Å². The number of allylic oxidation sites excluding steroid dienone is 1. The molecule has 2 unspecified atom stereocenters. The first-order valence-electron chi connectivity index (χ1n) is 10.8. The van der Waals surface area contributed by atoms with E-state index in [2.05, 4.69) is 34.7 Å². The number of rotatable bonds is 8. The molecule has 3 rings (SSSR count). The van der Waals surface area contributed by atoms with E-state index in [1.54, 1.807) is 0 Å². The lowest BCUT2D eigenvalue weighted by molar-refractivity contribution is -0.135. The summed E-state index contributed by atoms with van der Waals surface area (Å²) in [6, 6.07) is 14.6. The number of esters is 1. The number of piperidine rings is 1. The minimum Gasteiger partial charge on any atom is -0.465 e. The molecule has 33 heavy (non-hydrogen) atoms. The molecule has 0 radical (unpaired) electrons. The summed E-state index contributed by atoms with van der Waals surface area (Å²) < 4.78 is 8.36. The number of nitrogens with zero attached hydrogens (tertiary/aromatic N) is 1. The molecule has 2 atom stereocenters. The van der Waals surface area contributed by atoms with Gasteiger partial charge in [-0.25, -0.2) is 4.79 Å². The lowest BCUT2D eigenvalue weighted by Gasteiger charge is -2.42. The largest absolute Gasteiger partial charge is 0.465 e. The van der Waals surface area contributed by atoms with Gasteiger partial charge in [-0.3, -0.25) is 4.72 Å². The van der Waals surface area contributed by atoms with E-state index in [0.717, 1.165) is 40.9 Å². The van der Waals surface area contributed by atoms with E-state index in [4.69, 9.17) is 27.9 Å². The summed E-state index contributed by atoms with van der Waals surface area (Å²) in [6.45, 7) is 5.85. The van der Waals surface area contributed by atoms with Crippen LogP contribution in [0.3, 0.4) is 0 Å². The van der Waals surface area contributed by atoms with Crippen LogP contribution >= 0.6 is 46.9 Å². The molecule has 8 heteroatoms. The molecule has 2 aromatic carbocycles. The van der Waals surface area contributed by atoms with Gasteiger partial charge in [0, 0.05) is 33.7 Å². The van der Waals surface area contributed by atoms with Crippen molar-refractivity contribution in [3.8, 4) is 0 Å². The second-order valence-electron chi connectivity index (χ2n) is 8.12. The number of aryl methyl sites for hydroxylation is 1. The summed E-state index contributed by atoms with van der Waals surface area (Å²) in [5.41, 5.74) is 3.70. The number of carbonyl (C=O) groups is 1. The second kappa shape index (κ2) is 12.4. The van der Waals surface area contributed by atoms with Crippen molar-refractivity contribution in [1.29, 1.82) is 0 Å². The highest BCUT2D eigenvalue weighted by Crippen LogP contribution is 2.39. The molecule has 1 aliphatic heterocycles. The van der Waals surface area contributed by atoms with Gasteiger partial charge in [-0.1, -0.05) is 29.3 Å². The minimum atomic E-state index is -0.290. The molecule has 0 saturated carbocycles. The van der Waals surface area contributed by atoms with E-state index in [0.29, 0.717) is 10.8 Å². The maximum atomic E-state index is 11.9. The molecule has 0 aromatic heterocycles. The first-order chi connectivity index (χ1) is 15.8. The van der Waals surface area contributed by atoms with Gasteiger partial charge in [0.15, 0.2) is 0 Å². The summed E-state index contributed by atoms with van der Waals surface area (Å²) in [5, 5.41) is 1.51. The second-order valence-corrected chi connectivity index (χ2v) is 10.9.